The van der Waals surface area contributed by atoms with Crippen molar-refractivity contribution in [3.63, 3.8) is 0 Å². The van der Waals surface area contributed by atoms with Crippen molar-refractivity contribution in [3.8, 4) is 0 Å². The Hall–Kier alpha value is -2.88. The first-order chi connectivity index (χ1) is 12.3. The molecule has 0 fully saturated rings. The average molecular weight is 379 g/mol. The Kier molecular flexibility index (Phi) is 6.73. The van der Waals surface area contributed by atoms with E-state index in [0.29, 0.717) is 17.1 Å². The lowest BCUT2D eigenvalue weighted by atomic mass is 10.1. The maximum atomic E-state index is 11.9. The van der Waals surface area contributed by atoms with Gasteiger partial charge in [0.15, 0.2) is 5.82 Å². The van der Waals surface area contributed by atoms with Crippen molar-refractivity contribution in [1.29, 1.82) is 0 Å². The van der Waals surface area contributed by atoms with Crippen molar-refractivity contribution in [2.24, 2.45) is 0 Å². The van der Waals surface area contributed by atoms with E-state index < -0.39 is 17.0 Å². The minimum absolute atomic E-state index is 0.0233. The number of aromatic nitrogens is 1. The molecule has 138 valence electrons. The number of amides is 1. The lowest BCUT2D eigenvalue weighted by Gasteiger charge is -2.13. The first-order valence-electron chi connectivity index (χ1n) is 7.60. The van der Waals surface area contributed by atoms with Gasteiger partial charge in [-0.3, -0.25) is 19.7 Å². The SMILES string of the molecule is Cc1cc(NC(=O)CSCC(=O)O[C@@H](C)c2cccc([N+](=O)[O-])c2)no1. The van der Waals surface area contributed by atoms with Crippen LogP contribution >= 0.6 is 11.8 Å². The molecule has 0 radical (unpaired) electrons. The molecule has 1 aromatic heterocycles. The van der Waals surface area contributed by atoms with E-state index in [-0.39, 0.29) is 23.1 Å². The fraction of sp³-hybridized carbons (Fsp3) is 0.312. The zero-order valence-corrected chi connectivity index (χ0v) is 14.9. The van der Waals surface area contributed by atoms with Crippen LogP contribution in [0.2, 0.25) is 0 Å². The summed E-state index contributed by atoms with van der Waals surface area (Å²) in [7, 11) is 0. The Bertz CT molecular complexity index is 807. The number of thioether (sulfide) groups is 1. The number of hydrogen-bond acceptors (Lipinski definition) is 8. The van der Waals surface area contributed by atoms with Crippen LogP contribution in [-0.2, 0) is 14.3 Å². The summed E-state index contributed by atoms with van der Waals surface area (Å²) in [5.74, 6) is 0.0834. The van der Waals surface area contributed by atoms with Crippen molar-refractivity contribution < 1.29 is 23.8 Å². The number of esters is 1. The molecule has 0 bridgehead atoms. The Balaban J connectivity index is 1.75. The number of non-ortho nitro benzene ring substituents is 1. The maximum Gasteiger partial charge on any atom is 0.316 e. The highest BCUT2D eigenvalue weighted by Crippen LogP contribution is 2.22. The second-order valence-electron chi connectivity index (χ2n) is 5.35. The molecule has 1 heterocycles. The fourth-order valence-electron chi connectivity index (χ4n) is 2.02. The number of carbonyl (C=O) groups is 2. The molecule has 26 heavy (non-hydrogen) atoms. The van der Waals surface area contributed by atoms with Gasteiger partial charge in [0.25, 0.3) is 5.69 Å². The van der Waals surface area contributed by atoms with E-state index in [0.717, 1.165) is 11.8 Å². The van der Waals surface area contributed by atoms with E-state index in [1.165, 1.54) is 18.2 Å². The van der Waals surface area contributed by atoms with Crippen molar-refractivity contribution in [2.75, 3.05) is 16.8 Å². The van der Waals surface area contributed by atoms with Gasteiger partial charge in [-0.25, -0.2) is 0 Å². The number of nitro benzene ring substituents is 1. The van der Waals surface area contributed by atoms with Gasteiger partial charge in [-0.2, -0.15) is 0 Å². The molecule has 0 aliphatic heterocycles. The van der Waals surface area contributed by atoms with Gasteiger partial charge in [-0.15, -0.1) is 11.8 Å². The lowest BCUT2D eigenvalue weighted by Crippen LogP contribution is -2.17. The molecule has 2 rings (SSSR count). The van der Waals surface area contributed by atoms with Gasteiger partial charge in [-0.05, 0) is 19.4 Å². The smallest absolute Gasteiger partial charge is 0.316 e. The van der Waals surface area contributed by atoms with Gasteiger partial charge in [0.05, 0.1) is 16.4 Å². The average Bonchev–Trinajstić information content (AvgIpc) is 2.99. The van der Waals surface area contributed by atoms with Crippen molar-refractivity contribution in [3.05, 3.63) is 51.8 Å². The lowest BCUT2D eigenvalue weighted by molar-refractivity contribution is -0.385. The number of nitrogens with zero attached hydrogens (tertiary/aromatic N) is 2. The van der Waals surface area contributed by atoms with Crippen LogP contribution in [0.25, 0.3) is 0 Å². The molecule has 1 aromatic carbocycles. The van der Waals surface area contributed by atoms with Crippen LogP contribution in [0.5, 0.6) is 0 Å². The molecule has 0 unspecified atom stereocenters. The molecule has 0 saturated carbocycles. The van der Waals surface area contributed by atoms with Crippen molar-refractivity contribution >= 4 is 35.1 Å². The molecule has 0 aliphatic carbocycles. The molecule has 9 nitrogen and oxygen atoms in total. The zero-order chi connectivity index (χ0) is 19.1. The summed E-state index contributed by atoms with van der Waals surface area (Å²) in [6.07, 6.45) is -0.630. The molecule has 1 atom stereocenters. The van der Waals surface area contributed by atoms with Gasteiger partial charge in [-0.1, -0.05) is 17.3 Å². The van der Waals surface area contributed by atoms with E-state index in [9.17, 15) is 19.7 Å². The third-order valence-electron chi connectivity index (χ3n) is 3.21. The Morgan fingerprint density at radius 1 is 1.38 bits per heavy atom. The normalized spacial score (nSPS) is 11.6. The monoisotopic (exact) mass is 379 g/mol. The number of hydrogen-bond donors (Lipinski definition) is 1. The van der Waals surface area contributed by atoms with Crippen LogP contribution in [0, 0.1) is 17.0 Å². The number of rotatable bonds is 8. The summed E-state index contributed by atoms with van der Waals surface area (Å²) >= 11 is 1.09. The van der Waals surface area contributed by atoms with E-state index in [2.05, 4.69) is 10.5 Å². The second-order valence-corrected chi connectivity index (χ2v) is 6.33. The van der Waals surface area contributed by atoms with Crippen molar-refractivity contribution in [2.45, 2.75) is 20.0 Å². The Labute approximate surface area is 153 Å². The van der Waals surface area contributed by atoms with Gasteiger partial charge in [0.2, 0.25) is 5.91 Å². The number of anilines is 1. The Morgan fingerprint density at radius 3 is 2.81 bits per heavy atom. The highest BCUT2D eigenvalue weighted by atomic mass is 32.2. The third kappa shape index (κ3) is 5.88. The molecular formula is C16H17N3O6S. The van der Waals surface area contributed by atoms with Crippen LogP contribution in [0.1, 0.15) is 24.4 Å². The highest BCUT2D eigenvalue weighted by Gasteiger charge is 2.15. The third-order valence-corrected chi connectivity index (χ3v) is 4.11. The van der Waals surface area contributed by atoms with Crippen LogP contribution in [-0.4, -0.2) is 33.5 Å². The standard InChI is InChI=1S/C16H17N3O6S/c1-10-6-14(18-25-10)17-15(20)8-26-9-16(21)24-11(2)12-4-3-5-13(7-12)19(22)23/h3-7,11H,8-9H2,1-2H3,(H,17,18,20)/t11-/m0/s1. The highest BCUT2D eigenvalue weighted by molar-refractivity contribution is 8.00. The molecule has 0 spiro atoms. The van der Waals surface area contributed by atoms with Gasteiger partial charge in [0.1, 0.15) is 11.9 Å². The Morgan fingerprint density at radius 2 is 2.15 bits per heavy atom. The first kappa shape index (κ1) is 19.4. The predicted octanol–water partition coefficient (Wildman–Crippen LogP) is 2.87. The van der Waals surface area contributed by atoms with Gasteiger partial charge < -0.3 is 14.6 Å². The number of ether oxygens (including phenoxy) is 1. The second kappa shape index (κ2) is 8.99. The number of aryl methyl sites for hydroxylation is 1. The number of carbonyl (C=O) groups excluding carboxylic acids is 2. The molecular weight excluding hydrogens is 362 g/mol. The quantitative estimate of drug-likeness (QED) is 0.422. The fourth-order valence-corrected chi connectivity index (χ4v) is 2.62. The molecule has 2 aromatic rings. The topological polar surface area (TPSA) is 125 Å². The summed E-state index contributed by atoms with van der Waals surface area (Å²) in [6, 6.07) is 7.48. The van der Waals surface area contributed by atoms with Crippen LogP contribution < -0.4 is 5.32 Å². The van der Waals surface area contributed by atoms with Gasteiger partial charge in [0, 0.05) is 18.2 Å². The van der Waals surface area contributed by atoms with Crippen LogP contribution in [0.4, 0.5) is 11.5 Å². The van der Waals surface area contributed by atoms with Crippen LogP contribution in [0.3, 0.4) is 0 Å². The summed E-state index contributed by atoms with van der Waals surface area (Å²) in [4.78, 5) is 33.8. The van der Waals surface area contributed by atoms with Crippen molar-refractivity contribution in [1.82, 2.24) is 5.16 Å². The molecule has 10 heteroatoms. The zero-order valence-electron chi connectivity index (χ0n) is 14.1. The summed E-state index contributed by atoms with van der Waals surface area (Å²) in [5.41, 5.74) is 0.455. The number of nitrogens with one attached hydrogen (secondary N) is 1. The van der Waals surface area contributed by atoms with E-state index in [1.54, 1.807) is 26.0 Å². The first-order valence-corrected chi connectivity index (χ1v) is 8.75. The van der Waals surface area contributed by atoms with Gasteiger partial charge >= 0.3 is 5.97 Å². The van der Waals surface area contributed by atoms with E-state index in [1.807, 2.05) is 0 Å². The van der Waals surface area contributed by atoms with Crippen LogP contribution in [0.15, 0.2) is 34.9 Å². The number of nitro groups is 1. The molecule has 1 N–H and O–H groups in total. The molecule has 0 aliphatic rings. The summed E-state index contributed by atoms with van der Waals surface area (Å²) in [6.45, 7) is 3.33. The summed E-state index contributed by atoms with van der Waals surface area (Å²) in [5, 5.41) is 17.0. The predicted molar refractivity (Wildman–Crippen MR) is 94.8 cm³/mol. The minimum atomic E-state index is -0.630. The molecule has 1 amide bonds. The van der Waals surface area contributed by atoms with E-state index in [4.69, 9.17) is 9.26 Å². The maximum absolute atomic E-state index is 11.9. The van der Waals surface area contributed by atoms with E-state index >= 15 is 0 Å². The summed E-state index contributed by atoms with van der Waals surface area (Å²) < 4.78 is 10.1. The minimum Gasteiger partial charge on any atom is -0.457 e. The number of benzene rings is 1. The largest absolute Gasteiger partial charge is 0.457 e. The molecule has 0 saturated heterocycles.